The molecule has 17 heavy (non-hydrogen) atoms. The molecule has 1 fully saturated rings. The number of nitrogens with zero attached hydrogens (tertiary/aromatic N) is 1. The van der Waals surface area contributed by atoms with E-state index in [4.69, 9.17) is 4.74 Å². The van der Waals surface area contributed by atoms with Crippen LogP contribution >= 0.6 is 0 Å². The molecule has 3 atom stereocenters. The topological polar surface area (TPSA) is 32.7 Å². The molecule has 2 rings (SSSR count). The van der Waals surface area contributed by atoms with Crippen molar-refractivity contribution in [3.63, 3.8) is 0 Å². The van der Waals surface area contributed by atoms with Crippen molar-refractivity contribution in [1.82, 2.24) is 4.90 Å². The van der Waals surface area contributed by atoms with Gasteiger partial charge in [0.05, 0.1) is 12.2 Å². The number of phenols is 1. The Labute approximate surface area is 103 Å². The van der Waals surface area contributed by atoms with Gasteiger partial charge >= 0.3 is 0 Å². The van der Waals surface area contributed by atoms with Crippen LogP contribution in [0.3, 0.4) is 0 Å². The number of morpholine rings is 1. The first-order valence-electron chi connectivity index (χ1n) is 6.24. The molecule has 3 heteroatoms. The Morgan fingerprint density at radius 1 is 1.18 bits per heavy atom. The monoisotopic (exact) mass is 235 g/mol. The normalized spacial score (nSPS) is 27.9. The van der Waals surface area contributed by atoms with Gasteiger partial charge in [0.2, 0.25) is 0 Å². The maximum Gasteiger partial charge on any atom is 0.115 e. The van der Waals surface area contributed by atoms with Crippen molar-refractivity contribution in [2.45, 2.75) is 39.0 Å². The summed E-state index contributed by atoms with van der Waals surface area (Å²) in [5, 5.41) is 9.30. The van der Waals surface area contributed by atoms with Crippen LogP contribution in [0.5, 0.6) is 5.75 Å². The minimum absolute atomic E-state index is 0.290. The van der Waals surface area contributed by atoms with Gasteiger partial charge in [-0.25, -0.2) is 0 Å². The molecule has 1 N–H and O–H groups in total. The largest absolute Gasteiger partial charge is 0.508 e. The van der Waals surface area contributed by atoms with E-state index >= 15 is 0 Å². The third-order valence-electron chi connectivity index (χ3n) is 3.37. The fourth-order valence-corrected chi connectivity index (χ4v) is 2.50. The van der Waals surface area contributed by atoms with Gasteiger partial charge in [-0.1, -0.05) is 12.1 Å². The second-order valence-corrected chi connectivity index (χ2v) is 4.98. The summed E-state index contributed by atoms with van der Waals surface area (Å²) in [4.78, 5) is 2.44. The molecule has 0 saturated carbocycles. The summed E-state index contributed by atoms with van der Waals surface area (Å²) in [6.45, 7) is 8.37. The van der Waals surface area contributed by atoms with E-state index in [1.54, 1.807) is 12.1 Å². The quantitative estimate of drug-likeness (QED) is 0.855. The van der Waals surface area contributed by atoms with E-state index in [9.17, 15) is 5.11 Å². The molecule has 0 spiro atoms. The SMILES string of the molecule is CC(c1ccc(O)cc1)N1C[C@@H](C)O[C@@H](C)C1. The molecular formula is C14H21NO2. The average molecular weight is 235 g/mol. The van der Waals surface area contributed by atoms with Crippen molar-refractivity contribution in [3.8, 4) is 5.75 Å². The van der Waals surface area contributed by atoms with Crippen LogP contribution < -0.4 is 0 Å². The van der Waals surface area contributed by atoms with Gasteiger partial charge in [0.1, 0.15) is 5.75 Å². The summed E-state index contributed by atoms with van der Waals surface area (Å²) >= 11 is 0. The van der Waals surface area contributed by atoms with E-state index in [1.807, 2.05) is 12.1 Å². The Kier molecular flexibility index (Phi) is 3.69. The second kappa shape index (κ2) is 5.07. The van der Waals surface area contributed by atoms with E-state index in [2.05, 4.69) is 25.7 Å². The number of hydrogen-bond donors (Lipinski definition) is 1. The van der Waals surface area contributed by atoms with E-state index in [-0.39, 0.29) is 0 Å². The Balaban J connectivity index is 2.08. The van der Waals surface area contributed by atoms with Gasteiger partial charge in [0.15, 0.2) is 0 Å². The zero-order valence-electron chi connectivity index (χ0n) is 10.8. The highest BCUT2D eigenvalue weighted by atomic mass is 16.5. The fraction of sp³-hybridized carbons (Fsp3) is 0.571. The summed E-state index contributed by atoms with van der Waals surface area (Å²) in [5.41, 5.74) is 1.24. The summed E-state index contributed by atoms with van der Waals surface area (Å²) in [7, 11) is 0. The molecule has 3 nitrogen and oxygen atoms in total. The van der Waals surface area contributed by atoms with Gasteiger partial charge in [-0.3, -0.25) is 4.90 Å². The van der Waals surface area contributed by atoms with Gasteiger partial charge < -0.3 is 9.84 Å². The average Bonchev–Trinajstić information content (AvgIpc) is 2.28. The molecule has 0 bridgehead atoms. The van der Waals surface area contributed by atoms with E-state index in [0.29, 0.717) is 24.0 Å². The zero-order chi connectivity index (χ0) is 12.4. The highest BCUT2D eigenvalue weighted by Crippen LogP contribution is 2.25. The Morgan fingerprint density at radius 2 is 1.71 bits per heavy atom. The van der Waals surface area contributed by atoms with Crippen molar-refractivity contribution in [2.75, 3.05) is 13.1 Å². The lowest BCUT2D eigenvalue weighted by Gasteiger charge is -2.39. The number of phenolic OH excluding ortho intramolecular Hbond substituents is 1. The summed E-state index contributed by atoms with van der Waals surface area (Å²) < 4.78 is 5.74. The van der Waals surface area contributed by atoms with Crippen LogP contribution in [0.4, 0.5) is 0 Å². The Bertz CT molecular complexity index is 353. The summed E-state index contributed by atoms with van der Waals surface area (Å²) in [5.74, 6) is 0.324. The number of ether oxygens (including phenoxy) is 1. The van der Waals surface area contributed by atoms with Gasteiger partial charge in [-0.15, -0.1) is 0 Å². The molecule has 1 unspecified atom stereocenters. The molecule has 1 aromatic carbocycles. The standard InChI is InChI=1S/C14H21NO2/c1-10-8-15(9-11(2)17-10)12(3)13-4-6-14(16)7-5-13/h4-7,10-12,16H,8-9H2,1-3H3/t10-,11+,12?. The molecule has 1 heterocycles. The molecule has 1 aromatic rings. The lowest BCUT2D eigenvalue weighted by atomic mass is 10.0. The van der Waals surface area contributed by atoms with Crippen LogP contribution in [0.15, 0.2) is 24.3 Å². The van der Waals surface area contributed by atoms with Gasteiger partial charge in [-0.2, -0.15) is 0 Å². The third kappa shape index (κ3) is 2.99. The van der Waals surface area contributed by atoms with Crippen molar-refractivity contribution < 1.29 is 9.84 Å². The predicted octanol–water partition coefficient (Wildman–Crippen LogP) is 2.56. The lowest BCUT2D eigenvalue weighted by molar-refractivity contribution is -0.0789. The lowest BCUT2D eigenvalue weighted by Crippen LogP contribution is -2.46. The summed E-state index contributed by atoms with van der Waals surface area (Å²) in [6.07, 6.45) is 0.580. The van der Waals surface area contributed by atoms with Gasteiger partial charge in [-0.05, 0) is 38.5 Å². The molecular weight excluding hydrogens is 214 g/mol. The maximum atomic E-state index is 9.30. The molecule has 1 aliphatic heterocycles. The molecule has 1 aliphatic rings. The smallest absolute Gasteiger partial charge is 0.115 e. The van der Waals surface area contributed by atoms with Crippen LogP contribution in [0.1, 0.15) is 32.4 Å². The first kappa shape index (κ1) is 12.4. The maximum absolute atomic E-state index is 9.30. The number of benzene rings is 1. The third-order valence-corrected chi connectivity index (χ3v) is 3.37. The molecule has 0 aromatic heterocycles. The number of rotatable bonds is 2. The Hall–Kier alpha value is -1.06. The van der Waals surface area contributed by atoms with Crippen LogP contribution in [0.2, 0.25) is 0 Å². The molecule has 0 amide bonds. The van der Waals surface area contributed by atoms with E-state index in [0.717, 1.165) is 13.1 Å². The van der Waals surface area contributed by atoms with Crippen molar-refractivity contribution in [1.29, 1.82) is 0 Å². The van der Waals surface area contributed by atoms with Gasteiger partial charge in [0, 0.05) is 19.1 Å². The minimum atomic E-state index is 0.290. The highest BCUT2D eigenvalue weighted by molar-refractivity contribution is 5.27. The molecule has 94 valence electrons. The van der Waals surface area contributed by atoms with E-state index in [1.165, 1.54) is 5.56 Å². The van der Waals surface area contributed by atoms with Crippen LogP contribution in [0, 0.1) is 0 Å². The van der Waals surface area contributed by atoms with Crippen LogP contribution in [0.25, 0.3) is 0 Å². The second-order valence-electron chi connectivity index (χ2n) is 4.98. The van der Waals surface area contributed by atoms with Gasteiger partial charge in [0.25, 0.3) is 0 Å². The zero-order valence-corrected chi connectivity index (χ0v) is 10.8. The van der Waals surface area contributed by atoms with Crippen LogP contribution in [-0.4, -0.2) is 35.3 Å². The number of aromatic hydroxyl groups is 1. The first-order valence-corrected chi connectivity index (χ1v) is 6.24. The Morgan fingerprint density at radius 3 is 2.24 bits per heavy atom. The van der Waals surface area contributed by atoms with Crippen molar-refractivity contribution >= 4 is 0 Å². The predicted molar refractivity (Wildman–Crippen MR) is 68.1 cm³/mol. The van der Waals surface area contributed by atoms with Crippen molar-refractivity contribution in [2.24, 2.45) is 0 Å². The minimum Gasteiger partial charge on any atom is -0.508 e. The highest BCUT2D eigenvalue weighted by Gasteiger charge is 2.26. The van der Waals surface area contributed by atoms with Crippen molar-refractivity contribution in [3.05, 3.63) is 29.8 Å². The molecule has 1 saturated heterocycles. The van der Waals surface area contributed by atoms with E-state index < -0.39 is 0 Å². The van der Waals surface area contributed by atoms with Crippen LogP contribution in [-0.2, 0) is 4.74 Å². The number of hydrogen-bond acceptors (Lipinski definition) is 3. The fourth-order valence-electron chi connectivity index (χ4n) is 2.50. The molecule has 0 radical (unpaired) electrons. The first-order chi connectivity index (χ1) is 8.06. The summed E-state index contributed by atoms with van der Waals surface area (Å²) in [6, 6.07) is 7.85. The molecule has 0 aliphatic carbocycles.